The second-order valence-electron chi connectivity index (χ2n) is 6.07. The molecule has 0 aromatic heterocycles. The monoisotopic (exact) mass is 322 g/mol. The van der Waals surface area contributed by atoms with Crippen LogP contribution in [0.2, 0.25) is 0 Å². The first-order chi connectivity index (χ1) is 11.5. The summed E-state index contributed by atoms with van der Waals surface area (Å²) in [4.78, 5) is 36.8. The average Bonchev–Trinajstić information content (AvgIpc) is 3.36. The Labute approximate surface area is 140 Å². The van der Waals surface area contributed by atoms with Crippen LogP contribution in [0.3, 0.4) is 0 Å². The molecule has 0 spiro atoms. The van der Waals surface area contributed by atoms with Gasteiger partial charge in [-0.3, -0.25) is 9.59 Å². The number of hydrogen-bond acceptors (Lipinski definition) is 4. The third kappa shape index (κ3) is 2.87. The number of ether oxygens (including phenoxy) is 1. The Kier molecular flexibility index (Phi) is 4.30. The van der Waals surface area contributed by atoms with Gasteiger partial charge < -0.3 is 4.74 Å². The third-order valence-corrected chi connectivity index (χ3v) is 4.53. The smallest absolute Gasteiger partial charge is 0.374 e. The van der Waals surface area contributed by atoms with Crippen LogP contribution in [0, 0.1) is 18.8 Å². The first-order valence-electron chi connectivity index (χ1n) is 7.82. The molecule has 0 unspecified atom stereocenters. The van der Waals surface area contributed by atoms with Gasteiger partial charge in [-0.2, -0.15) is 0 Å². The Balaban J connectivity index is 1.91. The number of aryl methyl sites for hydroxylation is 1. The predicted molar refractivity (Wildman–Crippen MR) is 88.7 cm³/mol. The molecule has 3 atom stereocenters. The minimum atomic E-state index is -0.889. The van der Waals surface area contributed by atoms with Crippen molar-refractivity contribution in [3.05, 3.63) is 71.3 Å². The van der Waals surface area contributed by atoms with Gasteiger partial charge in [0.1, 0.15) is 0 Å². The summed E-state index contributed by atoms with van der Waals surface area (Å²) in [6, 6.07) is 16.6. The van der Waals surface area contributed by atoms with Crippen LogP contribution in [0.25, 0.3) is 0 Å². The van der Waals surface area contributed by atoms with Gasteiger partial charge >= 0.3 is 5.97 Å². The molecule has 1 aliphatic carbocycles. The second-order valence-corrected chi connectivity index (χ2v) is 6.07. The summed E-state index contributed by atoms with van der Waals surface area (Å²) < 4.78 is 4.55. The summed E-state index contributed by atoms with van der Waals surface area (Å²) in [5.74, 6) is -3.05. The molecule has 0 aliphatic heterocycles. The number of carbonyl (C=O) groups is 3. The van der Waals surface area contributed by atoms with Crippen LogP contribution in [0.4, 0.5) is 0 Å². The summed E-state index contributed by atoms with van der Waals surface area (Å²) in [6.45, 7) is 1.95. The quantitative estimate of drug-likeness (QED) is 0.482. The molecule has 0 N–H and O–H groups in total. The lowest BCUT2D eigenvalue weighted by molar-refractivity contribution is -0.152. The zero-order chi connectivity index (χ0) is 17.3. The summed E-state index contributed by atoms with van der Waals surface area (Å²) in [6.07, 6.45) is 0. The average molecular weight is 322 g/mol. The zero-order valence-corrected chi connectivity index (χ0v) is 13.6. The van der Waals surface area contributed by atoms with E-state index in [0.29, 0.717) is 5.56 Å². The topological polar surface area (TPSA) is 60.4 Å². The lowest BCUT2D eigenvalue weighted by Crippen LogP contribution is -2.20. The van der Waals surface area contributed by atoms with Crippen molar-refractivity contribution in [1.29, 1.82) is 0 Å². The van der Waals surface area contributed by atoms with E-state index in [1.807, 2.05) is 49.4 Å². The maximum absolute atomic E-state index is 12.8. The maximum Gasteiger partial charge on any atom is 0.374 e. The van der Waals surface area contributed by atoms with Gasteiger partial charge in [0.15, 0.2) is 5.78 Å². The van der Waals surface area contributed by atoms with Gasteiger partial charge in [-0.1, -0.05) is 60.2 Å². The minimum Gasteiger partial charge on any atom is -0.463 e. The summed E-state index contributed by atoms with van der Waals surface area (Å²) >= 11 is 0. The molecule has 1 saturated carbocycles. The van der Waals surface area contributed by atoms with Gasteiger partial charge in [-0.25, -0.2) is 4.79 Å². The van der Waals surface area contributed by atoms with E-state index in [1.54, 1.807) is 12.1 Å². The van der Waals surface area contributed by atoms with Gasteiger partial charge in [-0.05, 0) is 12.5 Å². The Bertz CT molecular complexity index is 777. The lowest BCUT2D eigenvalue weighted by atomic mass is 10.0. The number of hydrogen-bond donors (Lipinski definition) is 0. The van der Waals surface area contributed by atoms with E-state index in [2.05, 4.69) is 4.74 Å². The first-order valence-corrected chi connectivity index (χ1v) is 7.82. The first kappa shape index (κ1) is 16.1. The molecule has 122 valence electrons. The van der Waals surface area contributed by atoms with E-state index in [-0.39, 0.29) is 11.7 Å². The van der Waals surface area contributed by atoms with Crippen molar-refractivity contribution in [2.75, 3.05) is 7.11 Å². The lowest BCUT2D eigenvalue weighted by Gasteiger charge is -2.01. The van der Waals surface area contributed by atoms with E-state index in [1.165, 1.54) is 7.11 Å². The standard InChI is InChI=1S/C20H18O4/c1-12-8-10-14(11-9-12)18(21)16-15(13-6-4-3-5-7-13)17(16)19(22)20(23)24-2/h3-11,15-17H,1-2H3/t15-,16-,17+/m1/s1. The molecule has 0 bridgehead atoms. The van der Waals surface area contributed by atoms with Gasteiger partial charge in [-0.15, -0.1) is 0 Å². The molecule has 24 heavy (non-hydrogen) atoms. The summed E-state index contributed by atoms with van der Waals surface area (Å²) in [7, 11) is 1.18. The van der Waals surface area contributed by atoms with E-state index in [4.69, 9.17) is 0 Å². The van der Waals surface area contributed by atoms with Crippen molar-refractivity contribution in [1.82, 2.24) is 0 Å². The SMILES string of the molecule is COC(=O)C(=O)[C@@H]1[C@H](C(=O)c2ccc(C)cc2)[C@H]1c1ccccc1. The fraction of sp³-hybridized carbons (Fsp3) is 0.250. The maximum atomic E-state index is 12.8. The number of rotatable bonds is 5. The molecule has 4 nitrogen and oxygen atoms in total. The van der Waals surface area contributed by atoms with Gasteiger partial charge in [0, 0.05) is 23.3 Å². The van der Waals surface area contributed by atoms with Gasteiger partial charge in [0.05, 0.1) is 7.11 Å². The Morgan fingerprint density at radius 1 is 0.875 bits per heavy atom. The summed E-state index contributed by atoms with van der Waals surface area (Å²) in [5.41, 5.74) is 2.51. The van der Waals surface area contributed by atoms with Crippen molar-refractivity contribution in [2.24, 2.45) is 11.8 Å². The molecule has 0 saturated heterocycles. The highest BCUT2D eigenvalue weighted by Crippen LogP contribution is 2.56. The zero-order valence-electron chi connectivity index (χ0n) is 13.6. The minimum absolute atomic E-state index is 0.105. The van der Waals surface area contributed by atoms with E-state index in [0.717, 1.165) is 11.1 Å². The number of carbonyl (C=O) groups excluding carboxylic acids is 3. The molecular weight excluding hydrogens is 304 g/mol. The predicted octanol–water partition coefficient (Wildman–Crippen LogP) is 2.95. The number of ketones is 2. The highest BCUT2D eigenvalue weighted by molar-refractivity contribution is 6.36. The molecule has 1 fully saturated rings. The van der Waals surface area contributed by atoms with Crippen molar-refractivity contribution in [3.8, 4) is 0 Å². The van der Waals surface area contributed by atoms with Crippen LogP contribution in [0.15, 0.2) is 54.6 Å². The van der Waals surface area contributed by atoms with Crippen molar-refractivity contribution < 1.29 is 19.1 Å². The number of benzene rings is 2. The fourth-order valence-electron chi connectivity index (χ4n) is 3.20. The summed E-state index contributed by atoms with van der Waals surface area (Å²) in [5, 5.41) is 0. The molecule has 0 heterocycles. The van der Waals surface area contributed by atoms with Crippen LogP contribution >= 0.6 is 0 Å². The largest absolute Gasteiger partial charge is 0.463 e. The molecule has 1 aliphatic rings. The van der Waals surface area contributed by atoms with Gasteiger partial charge in [0.25, 0.3) is 0 Å². The van der Waals surface area contributed by atoms with Crippen molar-refractivity contribution in [3.63, 3.8) is 0 Å². The Morgan fingerprint density at radius 2 is 1.50 bits per heavy atom. The Morgan fingerprint density at radius 3 is 2.08 bits per heavy atom. The number of esters is 1. The van der Waals surface area contributed by atoms with Crippen LogP contribution < -0.4 is 0 Å². The van der Waals surface area contributed by atoms with Gasteiger partial charge in [0.2, 0.25) is 5.78 Å². The molecule has 2 aromatic carbocycles. The van der Waals surface area contributed by atoms with Crippen LogP contribution in [0.1, 0.15) is 27.4 Å². The third-order valence-electron chi connectivity index (χ3n) is 4.53. The molecule has 2 aromatic rings. The second kappa shape index (κ2) is 6.40. The number of methoxy groups -OCH3 is 1. The molecule has 4 heteroatoms. The van der Waals surface area contributed by atoms with E-state index in [9.17, 15) is 14.4 Å². The molecule has 3 rings (SSSR count). The molecule has 0 amide bonds. The van der Waals surface area contributed by atoms with Crippen LogP contribution in [0.5, 0.6) is 0 Å². The van der Waals surface area contributed by atoms with E-state index >= 15 is 0 Å². The van der Waals surface area contributed by atoms with Crippen molar-refractivity contribution >= 4 is 17.5 Å². The Hall–Kier alpha value is -2.75. The fourth-order valence-corrected chi connectivity index (χ4v) is 3.20. The number of Topliss-reactive ketones (excluding diaryl/α,β-unsaturated/α-hetero) is 2. The van der Waals surface area contributed by atoms with Crippen LogP contribution in [-0.2, 0) is 14.3 Å². The van der Waals surface area contributed by atoms with E-state index < -0.39 is 23.6 Å². The van der Waals surface area contributed by atoms with Crippen LogP contribution in [-0.4, -0.2) is 24.6 Å². The normalized spacial score (nSPS) is 21.8. The molecule has 0 radical (unpaired) electrons. The molecular formula is C20H18O4. The highest BCUT2D eigenvalue weighted by Gasteiger charge is 2.60. The van der Waals surface area contributed by atoms with Crippen molar-refractivity contribution in [2.45, 2.75) is 12.8 Å². The highest BCUT2D eigenvalue weighted by atomic mass is 16.5.